The molecule has 2 N–H and O–H groups in total. The Balaban J connectivity index is 2.34. The van der Waals surface area contributed by atoms with Gasteiger partial charge in [0.2, 0.25) is 5.69 Å². The quantitative estimate of drug-likeness (QED) is 0.548. The third kappa shape index (κ3) is 7.55. The van der Waals surface area contributed by atoms with Crippen molar-refractivity contribution in [1.29, 1.82) is 0 Å². The van der Waals surface area contributed by atoms with Crippen LogP contribution in [0.15, 0.2) is 29.2 Å². The van der Waals surface area contributed by atoms with E-state index in [1.807, 2.05) is 24.3 Å². The number of aryl methyl sites for hydroxylation is 1. The van der Waals surface area contributed by atoms with Gasteiger partial charge in [-0.1, -0.05) is 44.7 Å². The number of benzene rings is 1. The largest absolute Gasteiger partial charge is 0.337 e. The second-order valence-corrected chi connectivity index (χ2v) is 10.3. The Kier molecular flexibility index (Phi) is 7.50. The molecule has 0 saturated heterocycles. The smallest absolute Gasteiger partial charge is 0.246 e. The Labute approximate surface area is 119 Å². The van der Waals surface area contributed by atoms with Crippen LogP contribution in [0.2, 0.25) is 0 Å². The molecule has 0 fully saturated rings. The molecule has 0 saturated carbocycles. The van der Waals surface area contributed by atoms with Crippen LogP contribution in [0.1, 0.15) is 44.6 Å². The molecule has 18 heavy (non-hydrogen) atoms. The van der Waals surface area contributed by atoms with Crippen LogP contribution in [0.3, 0.4) is 0 Å². The van der Waals surface area contributed by atoms with Gasteiger partial charge in [0.05, 0.1) is 0 Å². The van der Waals surface area contributed by atoms with Gasteiger partial charge in [-0.3, -0.25) is 0 Å². The summed E-state index contributed by atoms with van der Waals surface area (Å²) in [4.78, 5) is 19.2. The lowest BCUT2D eigenvalue weighted by Crippen LogP contribution is -1.86. The summed E-state index contributed by atoms with van der Waals surface area (Å²) in [7, 11) is 0. The molecule has 0 spiro atoms. The lowest BCUT2D eigenvalue weighted by atomic mass is 10.1. The van der Waals surface area contributed by atoms with Gasteiger partial charge in [0, 0.05) is 4.90 Å². The molecule has 0 heterocycles. The molecule has 0 aliphatic rings. The van der Waals surface area contributed by atoms with Crippen molar-refractivity contribution in [2.75, 3.05) is 0 Å². The molecule has 102 valence electrons. The normalized spacial score (nSPS) is 11.7. The zero-order valence-corrected chi connectivity index (χ0v) is 13.2. The lowest BCUT2D eigenvalue weighted by molar-refractivity contribution is 0.502. The summed E-state index contributed by atoms with van der Waals surface area (Å²) < 4.78 is 0. The van der Waals surface area contributed by atoms with Crippen molar-refractivity contribution in [3.63, 3.8) is 0 Å². The van der Waals surface area contributed by atoms with Gasteiger partial charge in [-0.05, 0) is 53.7 Å². The summed E-state index contributed by atoms with van der Waals surface area (Å²) in [6, 6.07) is 7.93. The molecule has 0 aromatic heterocycles. The summed E-state index contributed by atoms with van der Waals surface area (Å²) in [5.74, 6) is 0. The van der Waals surface area contributed by atoms with Gasteiger partial charge in [-0.15, -0.1) is 0 Å². The van der Waals surface area contributed by atoms with E-state index in [0.717, 1.165) is 22.7 Å². The molecule has 0 amide bonds. The predicted molar refractivity (Wildman–Crippen MR) is 83.5 cm³/mol. The van der Waals surface area contributed by atoms with Crippen LogP contribution in [0.4, 0.5) is 0 Å². The first-order valence-electron chi connectivity index (χ1n) is 6.35. The van der Waals surface area contributed by atoms with Crippen LogP contribution < -0.4 is 0 Å². The Hall–Kier alpha value is 0.140. The Morgan fingerprint density at radius 1 is 1.06 bits per heavy atom. The van der Waals surface area contributed by atoms with Crippen molar-refractivity contribution < 1.29 is 9.79 Å². The van der Waals surface area contributed by atoms with Crippen molar-refractivity contribution in [2.45, 2.75) is 50.3 Å². The fourth-order valence-corrected chi connectivity index (χ4v) is 4.28. The predicted octanol–water partition coefficient (Wildman–Crippen LogP) is 4.50. The molecule has 0 aliphatic carbocycles. The van der Waals surface area contributed by atoms with Crippen LogP contribution in [0.25, 0.3) is 0 Å². The maximum Gasteiger partial charge on any atom is 0.246 e. The highest BCUT2D eigenvalue weighted by molar-refractivity contribution is 8.67. The van der Waals surface area contributed by atoms with Crippen molar-refractivity contribution in [3.8, 4) is 0 Å². The van der Waals surface area contributed by atoms with E-state index in [4.69, 9.17) is 0 Å². The number of hydrogen-bond acceptors (Lipinski definition) is 2. The van der Waals surface area contributed by atoms with Crippen LogP contribution in [-0.4, -0.2) is 9.79 Å². The van der Waals surface area contributed by atoms with E-state index in [1.165, 1.54) is 37.7 Å². The minimum absolute atomic E-state index is 0.832. The third-order valence-corrected chi connectivity index (χ3v) is 5.45. The fourth-order valence-electron chi connectivity index (χ4n) is 1.79. The molecule has 0 aliphatic heterocycles. The molecule has 0 unspecified atom stereocenters. The maximum absolute atomic E-state index is 9.21. The summed E-state index contributed by atoms with van der Waals surface area (Å²) >= 11 is 5.58. The molecular weight excluding hydrogens is 283 g/mol. The molecular formula is C13H21O2PS2. The number of hydrogen-bond donors (Lipinski definition) is 2. The van der Waals surface area contributed by atoms with Gasteiger partial charge < -0.3 is 9.79 Å². The topological polar surface area (TPSA) is 40.5 Å². The summed E-state index contributed by atoms with van der Waals surface area (Å²) in [5, 5.41) is 0. The highest BCUT2D eigenvalue weighted by Crippen LogP contribution is 2.54. The molecule has 5 heteroatoms. The van der Waals surface area contributed by atoms with Crippen molar-refractivity contribution >= 4 is 28.9 Å². The third-order valence-electron chi connectivity index (χ3n) is 2.72. The first-order valence-corrected chi connectivity index (χ1v) is 10.5. The second-order valence-electron chi connectivity index (χ2n) is 4.39. The van der Waals surface area contributed by atoms with Gasteiger partial charge in [0.15, 0.2) is 0 Å². The van der Waals surface area contributed by atoms with Gasteiger partial charge in [-0.25, -0.2) is 0 Å². The van der Waals surface area contributed by atoms with Gasteiger partial charge in [-0.2, -0.15) is 0 Å². The molecule has 0 atom stereocenters. The standard InChI is InChI=1S/C13H21O2PS2/c1-2-3-4-5-6-7-12-8-10-13(11-9-12)18-16(14,15)17/h8-11H,2-7H2,1H3,(H2,14,15,17). The van der Waals surface area contributed by atoms with E-state index in [9.17, 15) is 9.79 Å². The van der Waals surface area contributed by atoms with E-state index < -0.39 is 5.69 Å². The lowest BCUT2D eigenvalue weighted by Gasteiger charge is -2.07. The van der Waals surface area contributed by atoms with Gasteiger partial charge in [0.25, 0.3) is 0 Å². The van der Waals surface area contributed by atoms with Crippen LogP contribution in [0.5, 0.6) is 0 Å². The average molecular weight is 304 g/mol. The van der Waals surface area contributed by atoms with E-state index in [-0.39, 0.29) is 0 Å². The zero-order valence-electron chi connectivity index (χ0n) is 10.7. The van der Waals surface area contributed by atoms with Crippen molar-refractivity contribution in [3.05, 3.63) is 29.8 Å². The Bertz CT molecular complexity index is 386. The van der Waals surface area contributed by atoms with Crippen LogP contribution in [0, 0.1) is 0 Å². The molecule has 2 nitrogen and oxygen atoms in total. The fraction of sp³-hybridized carbons (Fsp3) is 0.538. The summed E-state index contributed by atoms with van der Waals surface area (Å²) in [6.07, 6.45) is 7.54. The summed E-state index contributed by atoms with van der Waals surface area (Å²) in [5.41, 5.74) is -1.88. The average Bonchev–Trinajstić information content (AvgIpc) is 2.29. The maximum atomic E-state index is 9.21. The van der Waals surface area contributed by atoms with Gasteiger partial charge in [0.1, 0.15) is 0 Å². The van der Waals surface area contributed by atoms with Crippen LogP contribution in [-0.2, 0) is 18.2 Å². The van der Waals surface area contributed by atoms with E-state index in [0.29, 0.717) is 0 Å². The highest BCUT2D eigenvalue weighted by atomic mass is 32.9. The monoisotopic (exact) mass is 304 g/mol. The summed E-state index contributed by atoms with van der Waals surface area (Å²) in [6.45, 7) is 2.22. The minimum atomic E-state index is -3.19. The zero-order chi connectivity index (χ0) is 13.4. The van der Waals surface area contributed by atoms with Crippen molar-refractivity contribution in [2.24, 2.45) is 0 Å². The molecule has 0 radical (unpaired) electrons. The first-order chi connectivity index (χ1) is 8.51. The number of rotatable bonds is 8. The molecule has 1 rings (SSSR count). The second kappa shape index (κ2) is 8.34. The van der Waals surface area contributed by atoms with E-state index in [1.54, 1.807) is 0 Å². The highest BCUT2D eigenvalue weighted by Gasteiger charge is 2.09. The van der Waals surface area contributed by atoms with E-state index >= 15 is 0 Å². The molecule has 1 aromatic rings. The Morgan fingerprint density at radius 3 is 2.22 bits per heavy atom. The van der Waals surface area contributed by atoms with Gasteiger partial charge >= 0.3 is 0 Å². The number of unbranched alkanes of at least 4 members (excludes halogenated alkanes) is 4. The SMILES string of the molecule is CCCCCCCc1ccc(SP(O)(O)=S)cc1. The van der Waals surface area contributed by atoms with Crippen molar-refractivity contribution in [1.82, 2.24) is 0 Å². The molecule has 0 bridgehead atoms. The van der Waals surface area contributed by atoms with E-state index in [2.05, 4.69) is 18.7 Å². The minimum Gasteiger partial charge on any atom is -0.337 e. The molecule has 1 aromatic carbocycles. The Morgan fingerprint density at radius 2 is 1.67 bits per heavy atom. The first kappa shape index (κ1) is 16.2. The van der Waals surface area contributed by atoms with Crippen LogP contribution >= 0.6 is 17.1 Å².